The molecule has 2 aliphatic heterocycles. The first-order valence-electron chi connectivity index (χ1n) is 8.54. The van der Waals surface area contributed by atoms with E-state index in [9.17, 15) is 8.42 Å². The first-order valence-corrected chi connectivity index (χ1v) is 9.94. The fourth-order valence-electron chi connectivity index (χ4n) is 4.48. The largest absolute Gasteiger partial charge is 0.319 e. The molecule has 0 bridgehead atoms. The van der Waals surface area contributed by atoms with Gasteiger partial charge in [-0.15, -0.1) is 0 Å². The van der Waals surface area contributed by atoms with Crippen molar-refractivity contribution >= 4 is 10.2 Å². The van der Waals surface area contributed by atoms with Crippen LogP contribution in [0.5, 0.6) is 0 Å². The maximum atomic E-state index is 13.0. The van der Waals surface area contributed by atoms with Crippen molar-refractivity contribution in [2.75, 3.05) is 33.2 Å². The van der Waals surface area contributed by atoms with E-state index in [-0.39, 0.29) is 0 Å². The molecule has 5 nitrogen and oxygen atoms in total. The van der Waals surface area contributed by atoms with E-state index in [4.69, 9.17) is 0 Å². The van der Waals surface area contributed by atoms with Crippen molar-refractivity contribution in [2.24, 2.45) is 11.8 Å². The van der Waals surface area contributed by atoms with Gasteiger partial charge in [0.05, 0.1) is 0 Å². The summed E-state index contributed by atoms with van der Waals surface area (Å²) in [7, 11) is -1.26. The highest BCUT2D eigenvalue weighted by atomic mass is 32.2. The molecule has 0 aromatic carbocycles. The first-order chi connectivity index (χ1) is 10.1. The number of rotatable bonds is 4. The van der Waals surface area contributed by atoms with E-state index in [0.29, 0.717) is 31.0 Å². The van der Waals surface area contributed by atoms with Crippen molar-refractivity contribution in [3.63, 3.8) is 0 Å². The molecule has 6 heteroatoms. The van der Waals surface area contributed by atoms with Crippen LogP contribution in [0.2, 0.25) is 0 Å². The molecule has 21 heavy (non-hydrogen) atoms. The molecule has 3 rings (SSSR count). The molecule has 3 aliphatic rings. The minimum atomic E-state index is -3.23. The van der Waals surface area contributed by atoms with Gasteiger partial charge in [0.15, 0.2) is 0 Å². The molecule has 0 aromatic rings. The smallest absolute Gasteiger partial charge is 0.282 e. The van der Waals surface area contributed by atoms with Gasteiger partial charge >= 0.3 is 0 Å². The lowest BCUT2D eigenvalue weighted by Crippen LogP contribution is -2.54. The Morgan fingerprint density at radius 3 is 2.43 bits per heavy atom. The van der Waals surface area contributed by atoms with Crippen molar-refractivity contribution in [2.45, 2.75) is 51.0 Å². The maximum Gasteiger partial charge on any atom is 0.282 e. The normalized spacial score (nSPS) is 33.2. The number of fused-ring (bicyclic) bond motifs is 1. The number of nitrogens with zero attached hydrogens (tertiary/aromatic N) is 2. The van der Waals surface area contributed by atoms with Crippen molar-refractivity contribution in [1.29, 1.82) is 0 Å². The van der Waals surface area contributed by atoms with E-state index >= 15 is 0 Å². The fraction of sp³-hybridized carbons (Fsp3) is 1.00. The summed E-state index contributed by atoms with van der Waals surface area (Å²) in [6.07, 6.45) is 7.73. The van der Waals surface area contributed by atoms with Gasteiger partial charge in [0, 0.05) is 25.7 Å². The van der Waals surface area contributed by atoms with E-state index in [1.165, 1.54) is 19.3 Å². The first kappa shape index (κ1) is 15.7. The van der Waals surface area contributed by atoms with Crippen LogP contribution in [-0.4, -0.2) is 56.3 Å². The molecule has 3 fully saturated rings. The van der Waals surface area contributed by atoms with Crippen molar-refractivity contribution in [3.8, 4) is 0 Å². The second kappa shape index (κ2) is 6.52. The molecule has 1 N–H and O–H groups in total. The van der Waals surface area contributed by atoms with Gasteiger partial charge in [-0.1, -0.05) is 6.42 Å². The van der Waals surface area contributed by atoms with Crippen molar-refractivity contribution < 1.29 is 8.42 Å². The fourth-order valence-corrected chi connectivity index (χ4v) is 6.42. The lowest BCUT2D eigenvalue weighted by molar-refractivity contribution is 0.178. The average molecular weight is 315 g/mol. The summed E-state index contributed by atoms with van der Waals surface area (Å²) in [6.45, 7) is 3.13. The Hall–Kier alpha value is -0.170. The molecule has 2 heterocycles. The van der Waals surface area contributed by atoms with Crippen LogP contribution in [0, 0.1) is 11.8 Å². The zero-order valence-electron chi connectivity index (χ0n) is 13.1. The Labute approximate surface area is 129 Å². The Bertz CT molecular complexity index is 446. The number of piperidine rings is 2. The van der Waals surface area contributed by atoms with Crippen LogP contribution >= 0.6 is 0 Å². The second-order valence-electron chi connectivity index (χ2n) is 6.92. The van der Waals surface area contributed by atoms with Crippen LogP contribution in [0.4, 0.5) is 0 Å². The van der Waals surface area contributed by atoms with E-state index < -0.39 is 10.2 Å². The third kappa shape index (κ3) is 3.14. The molecule has 2 atom stereocenters. The minimum absolute atomic E-state index is 0.291. The van der Waals surface area contributed by atoms with Crippen LogP contribution in [0.15, 0.2) is 0 Å². The molecular weight excluding hydrogens is 286 g/mol. The predicted octanol–water partition coefficient (Wildman–Crippen LogP) is 1.43. The van der Waals surface area contributed by atoms with E-state index in [1.807, 2.05) is 11.4 Å². The van der Waals surface area contributed by atoms with Gasteiger partial charge < -0.3 is 5.32 Å². The lowest BCUT2D eigenvalue weighted by Gasteiger charge is -2.41. The van der Waals surface area contributed by atoms with Crippen molar-refractivity contribution in [3.05, 3.63) is 0 Å². The molecule has 0 amide bonds. The van der Waals surface area contributed by atoms with E-state index in [0.717, 1.165) is 38.8 Å². The van der Waals surface area contributed by atoms with Gasteiger partial charge in [0.2, 0.25) is 0 Å². The predicted molar refractivity (Wildman–Crippen MR) is 84.2 cm³/mol. The molecule has 0 radical (unpaired) electrons. The zero-order valence-corrected chi connectivity index (χ0v) is 13.9. The van der Waals surface area contributed by atoms with Gasteiger partial charge in [0.1, 0.15) is 0 Å². The molecular formula is C15H29N3O2S. The van der Waals surface area contributed by atoms with E-state index in [1.54, 1.807) is 4.31 Å². The molecule has 1 aliphatic carbocycles. The summed E-state index contributed by atoms with van der Waals surface area (Å²) in [6, 6.07) is 0.291. The highest BCUT2D eigenvalue weighted by molar-refractivity contribution is 7.86. The van der Waals surface area contributed by atoms with Crippen molar-refractivity contribution in [1.82, 2.24) is 13.9 Å². The Balaban J connectivity index is 1.66. The molecule has 122 valence electrons. The number of nitrogens with one attached hydrogen (secondary N) is 1. The summed E-state index contributed by atoms with van der Waals surface area (Å²) in [4.78, 5) is 0. The van der Waals surface area contributed by atoms with Crippen LogP contribution < -0.4 is 5.32 Å². The third-order valence-corrected chi connectivity index (χ3v) is 7.70. The summed E-state index contributed by atoms with van der Waals surface area (Å²) in [5.74, 6) is 1.25. The molecule has 2 unspecified atom stereocenters. The standard InChI is InChI=1S/C15H29N3O2S/c1-16-12-13-7-10-17(11-8-13)21(19,20)18-9-3-5-14-4-2-6-15(14)18/h13-16H,2-12H2,1H3. The topological polar surface area (TPSA) is 52.7 Å². The van der Waals surface area contributed by atoms with E-state index in [2.05, 4.69) is 5.32 Å². The van der Waals surface area contributed by atoms with Crippen LogP contribution in [0.3, 0.4) is 0 Å². The Kier molecular flexibility index (Phi) is 4.88. The summed E-state index contributed by atoms with van der Waals surface area (Å²) in [5.41, 5.74) is 0. The minimum Gasteiger partial charge on any atom is -0.319 e. The van der Waals surface area contributed by atoms with Gasteiger partial charge in [0.25, 0.3) is 10.2 Å². The summed E-state index contributed by atoms with van der Waals surface area (Å²) in [5, 5.41) is 3.21. The van der Waals surface area contributed by atoms with Gasteiger partial charge in [-0.25, -0.2) is 0 Å². The maximum absolute atomic E-state index is 13.0. The molecule has 0 aromatic heterocycles. The average Bonchev–Trinajstić information content (AvgIpc) is 2.96. The number of hydrogen-bond acceptors (Lipinski definition) is 3. The monoisotopic (exact) mass is 315 g/mol. The highest BCUT2D eigenvalue weighted by Gasteiger charge is 2.43. The summed E-state index contributed by atoms with van der Waals surface area (Å²) >= 11 is 0. The molecule has 2 saturated heterocycles. The zero-order chi connectivity index (χ0) is 14.9. The lowest BCUT2D eigenvalue weighted by atomic mass is 9.94. The van der Waals surface area contributed by atoms with Gasteiger partial charge in [-0.3, -0.25) is 0 Å². The SMILES string of the molecule is CNCC1CCN(S(=O)(=O)N2CCCC3CCCC32)CC1. The Morgan fingerprint density at radius 2 is 1.71 bits per heavy atom. The molecule has 1 saturated carbocycles. The van der Waals surface area contributed by atoms with Crippen LogP contribution in [-0.2, 0) is 10.2 Å². The second-order valence-corrected chi connectivity index (χ2v) is 8.80. The van der Waals surface area contributed by atoms with Gasteiger partial charge in [-0.05, 0) is 64.0 Å². The number of hydrogen-bond donors (Lipinski definition) is 1. The Morgan fingerprint density at radius 1 is 1.00 bits per heavy atom. The van der Waals surface area contributed by atoms with Crippen LogP contribution in [0.1, 0.15) is 44.9 Å². The van der Waals surface area contributed by atoms with Gasteiger partial charge in [-0.2, -0.15) is 17.0 Å². The van der Waals surface area contributed by atoms with Crippen LogP contribution in [0.25, 0.3) is 0 Å². The summed E-state index contributed by atoms with van der Waals surface area (Å²) < 4.78 is 29.6. The highest BCUT2D eigenvalue weighted by Crippen LogP contribution is 2.39. The third-order valence-electron chi connectivity index (χ3n) is 5.63. The molecule has 0 spiro atoms. The quantitative estimate of drug-likeness (QED) is 0.854.